The number of primary amides is 1. The zero-order valence-electron chi connectivity index (χ0n) is 17.1. The van der Waals surface area contributed by atoms with Crippen molar-refractivity contribution >= 4 is 35.8 Å². The molecule has 0 aliphatic rings. The van der Waals surface area contributed by atoms with Crippen LogP contribution in [0.4, 0.5) is 0 Å². The molecule has 0 fully saturated rings. The van der Waals surface area contributed by atoms with E-state index in [2.05, 4.69) is 20.6 Å². The zero-order valence-corrected chi connectivity index (χ0v) is 18.0. The summed E-state index contributed by atoms with van der Waals surface area (Å²) in [5, 5.41) is 5.21. The van der Waals surface area contributed by atoms with Crippen LogP contribution >= 0.6 is 11.8 Å². The van der Waals surface area contributed by atoms with Gasteiger partial charge >= 0.3 is 0 Å². The number of imidazole rings is 1. The maximum absolute atomic E-state index is 12.8. The summed E-state index contributed by atoms with van der Waals surface area (Å²) < 4.78 is 0. The molecule has 0 saturated carbocycles. The number of rotatable bonds is 15. The number of H-pyrrole nitrogens is 1. The third kappa shape index (κ3) is 9.12. The Morgan fingerprint density at radius 3 is 2.55 bits per heavy atom. The van der Waals surface area contributed by atoms with Crippen LogP contribution in [0.2, 0.25) is 0 Å². The molecule has 1 rings (SSSR count). The molecule has 9 nitrogen and oxygen atoms in total. The van der Waals surface area contributed by atoms with Gasteiger partial charge in [-0.3, -0.25) is 19.2 Å². The number of carbonyl (C=O) groups excluding carboxylic acids is 4. The van der Waals surface area contributed by atoms with Crippen molar-refractivity contribution in [1.29, 1.82) is 0 Å². The third-order valence-electron chi connectivity index (χ3n) is 4.48. The molecular formula is C19H31N5O4S. The van der Waals surface area contributed by atoms with Gasteiger partial charge in [0.15, 0.2) is 5.78 Å². The lowest BCUT2D eigenvalue weighted by atomic mass is 9.88. The van der Waals surface area contributed by atoms with E-state index in [1.165, 1.54) is 6.33 Å². The summed E-state index contributed by atoms with van der Waals surface area (Å²) in [5.41, 5.74) is 6.11. The van der Waals surface area contributed by atoms with E-state index in [1.807, 2.05) is 20.1 Å². The highest BCUT2D eigenvalue weighted by molar-refractivity contribution is 7.98. The lowest BCUT2D eigenvalue weighted by Gasteiger charge is -2.23. The first-order chi connectivity index (χ1) is 13.8. The zero-order chi connectivity index (χ0) is 21.8. The molecule has 3 amide bonds. The van der Waals surface area contributed by atoms with Crippen LogP contribution in [-0.4, -0.2) is 58.1 Å². The Kier molecular flexibility index (Phi) is 11.0. The Hall–Kier alpha value is -2.36. The Bertz CT molecular complexity index is 666. The minimum absolute atomic E-state index is 0.0440. The molecular weight excluding hydrogens is 394 g/mol. The van der Waals surface area contributed by atoms with E-state index in [1.54, 1.807) is 18.0 Å². The average molecular weight is 426 g/mol. The average Bonchev–Trinajstić information content (AvgIpc) is 3.16. The van der Waals surface area contributed by atoms with Crippen molar-refractivity contribution in [2.45, 2.75) is 51.6 Å². The molecule has 0 aliphatic carbocycles. The van der Waals surface area contributed by atoms with Gasteiger partial charge in [-0.25, -0.2) is 4.98 Å². The number of amides is 3. The van der Waals surface area contributed by atoms with Crippen molar-refractivity contribution < 1.29 is 19.2 Å². The van der Waals surface area contributed by atoms with Crippen molar-refractivity contribution in [1.82, 2.24) is 20.6 Å². The highest BCUT2D eigenvalue weighted by atomic mass is 32.2. The predicted octanol–water partition coefficient (Wildman–Crippen LogP) is 0.412. The van der Waals surface area contributed by atoms with Gasteiger partial charge in [-0.2, -0.15) is 11.8 Å². The minimum Gasteiger partial charge on any atom is -0.368 e. The van der Waals surface area contributed by atoms with Crippen LogP contribution < -0.4 is 16.4 Å². The van der Waals surface area contributed by atoms with Crippen LogP contribution in [0.15, 0.2) is 12.5 Å². The summed E-state index contributed by atoms with van der Waals surface area (Å²) >= 11 is 1.55. The number of Topliss-reactive ketones (excluding diaryl/α,β-unsaturated/α-hetero) is 1. The number of thioether (sulfide) groups is 1. The fraction of sp³-hybridized carbons (Fsp3) is 0.632. The van der Waals surface area contributed by atoms with Crippen molar-refractivity contribution in [2.24, 2.45) is 17.6 Å². The van der Waals surface area contributed by atoms with E-state index < -0.39 is 23.9 Å². The van der Waals surface area contributed by atoms with Crippen molar-refractivity contribution in [2.75, 3.05) is 12.0 Å². The molecule has 29 heavy (non-hydrogen) atoms. The molecule has 0 saturated heterocycles. The van der Waals surface area contributed by atoms with Gasteiger partial charge in [0.1, 0.15) is 6.04 Å². The van der Waals surface area contributed by atoms with Crippen molar-refractivity contribution in [3.05, 3.63) is 18.2 Å². The Balaban J connectivity index is 2.85. The normalized spacial score (nSPS) is 14.1. The van der Waals surface area contributed by atoms with E-state index in [4.69, 9.17) is 5.73 Å². The molecule has 3 atom stereocenters. The summed E-state index contributed by atoms with van der Waals surface area (Å²) in [7, 11) is 0. The highest BCUT2D eigenvalue weighted by Gasteiger charge is 2.29. The Morgan fingerprint density at radius 1 is 1.31 bits per heavy atom. The van der Waals surface area contributed by atoms with Gasteiger partial charge in [0, 0.05) is 30.7 Å². The number of nitrogens with zero attached hydrogens (tertiary/aromatic N) is 1. The molecule has 5 N–H and O–H groups in total. The number of hydrogen-bond donors (Lipinski definition) is 4. The summed E-state index contributed by atoms with van der Waals surface area (Å²) in [6.45, 7) is 3.91. The Morgan fingerprint density at radius 2 is 2.03 bits per heavy atom. The van der Waals surface area contributed by atoms with Gasteiger partial charge in [0.05, 0.1) is 12.4 Å². The summed E-state index contributed by atoms with van der Waals surface area (Å²) in [5.74, 6) is -0.993. The molecule has 1 aromatic rings. The topological polar surface area (TPSA) is 147 Å². The van der Waals surface area contributed by atoms with Gasteiger partial charge in [0.2, 0.25) is 18.2 Å². The van der Waals surface area contributed by atoms with Gasteiger partial charge < -0.3 is 21.4 Å². The molecule has 0 aliphatic heterocycles. The van der Waals surface area contributed by atoms with E-state index >= 15 is 0 Å². The van der Waals surface area contributed by atoms with Gasteiger partial charge in [-0.15, -0.1) is 0 Å². The lowest BCUT2D eigenvalue weighted by molar-refractivity contribution is -0.133. The standard InChI is InChI=1S/C19H31N5O4S/c1-12(2)6-13(19(28)24-15(18(20)27)4-5-29-3)7-17(26)16(23-11-25)8-14-9-21-10-22-14/h9-13,15-16H,4-8H2,1-3H3,(H2,20,27)(H,21,22)(H,23,25)(H,24,28)/t13-,15+,16+/m1/s1. The quantitative estimate of drug-likeness (QED) is 0.299. The first-order valence-corrected chi connectivity index (χ1v) is 11.0. The van der Waals surface area contributed by atoms with E-state index in [0.29, 0.717) is 30.7 Å². The fourth-order valence-electron chi connectivity index (χ4n) is 3.01. The second-order valence-electron chi connectivity index (χ2n) is 7.36. The molecule has 0 aromatic carbocycles. The van der Waals surface area contributed by atoms with Crippen LogP contribution in [0, 0.1) is 11.8 Å². The lowest BCUT2D eigenvalue weighted by Crippen LogP contribution is -2.48. The smallest absolute Gasteiger partial charge is 0.240 e. The molecule has 0 unspecified atom stereocenters. The number of nitrogens with one attached hydrogen (secondary N) is 3. The molecule has 162 valence electrons. The third-order valence-corrected chi connectivity index (χ3v) is 5.13. The summed E-state index contributed by atoms with van der Waals surface area (Å²) in [6.07, 6.45) is 6.56. The Labute approximate surface area is 175 Å². The monoisotopic (exact) mass is 425 g/mol. The van der Waals surface area contributed by atoms with E-state index in [-0.39, 0.29) is 30.4 Å². The summed E-state index contributed by atoms with van der Waals surface area (Å²) in [4.78, 5) is 55.0. The summed E-state index contributed by atoms with van der Waals surface area (Å²) in [6, 6.07) is -1.53. The largest absolute Gasteiger partial charge is 0.368 e. The van der Waals surface area contributed by atoms with E-state index in [0.717, 1.165) is 0 Å². The second-order valence-corrected chi connectivity index (χ2v) is 8.35. The van der Waals surface area contributed by atoms with Crippen molar-refractivity contribution in [3.63, 3.8) is 0 Å². The van der Waals surface area contributed by atoms with Crippen LogP contribution in [0.3, 0.4) is 0 Å². The second kappa shape index (κ2) is 13.0. The van der Waals surface area contributed by atoms with Gasteiger partial charge in [-0.05, 0) is 30.8 Å². The molecule has 1 heterocycles. The van der Waals surface area contributed by atoms with Crippen LogP contribution in [-0.2, 0) is 25.6 Å². The number of nitrogens with two attached hydrogens (primary N) is 1. The van der Waals surface area contributed by atoms with Crippen LogP contribution in [0.1, 0.15) is 38.8 Å². The fourth-order valence-corrected chi connectivity index (χ4v) is 3.48. The number of ketones is 1. The highest BCUT2D eigenvalue weighted by Crippen LogP contribution is 2.18. The predicted molar refractivity (Wildman–Crippen MR) is 112 cm³/mol. The van der Waals surface area contributed by atoms with E-state index in [9.17, 15) is 19.2 Å². The van der Waals surface area contributed by atoms with Crippen molar-refractivity contribution in [3.8, 4) is 0 Å². The maximum Gasteiger partial charge on any atom is 0.240 e. The first kappa shape index (κ1) is 24.7. The number of carbonyl (C=O) groups is 4. The molecule has 10 heteroatoms. The molecule has 0 radical (unpaired) electrons. The van der Waals surface area contributed by atoms with Crippen LogP contribution in [0.25, 0.3) is 0 Å². The molecule has 1 aromatic heterocycles. The maximum atomic E-state index is 12.8. The molecule has 0 spiro atoms. The molecule has 0 bridgehead atoms. The first-order valence-electron chi connectivity index (χ1n) is 9.56. The van der Waals surface area contributed by atoms with Gasteiger partial charge in [-0.1, -0.05) is 13.8 Å². The van der Waals surface area contributed by atoms with Crippen LogP contribution in [0.5, 0.6) is 0 Å². The van der Waals surface area contributed by atoms with Gasteiger partial charge in [0.25, 0.3) is 0 Å². The number of aromatic nitrogens is 2. The number of aromatic amines is 1. The number of hydrogen-bond acceptors (Lipinski definition) is 6. The SMILES string of the molecule is CSCC[C@H](NC(=O)[C@@H](CC(=O)[C@H](Cc1cnc[nH]1)NC=O)CC(C)C)C(N)=O. The minimum atomic E-state index is -0.770.